The Morgan fingerprint density at radius 1 is 0.370 bits per heavy atom. The van der Waals surface area contributed by atoms with Crippen molar-refractivity contribution in [3.63, 3.8) is 0 Å². The van der Waals surface area contributed by atoms with Crippen LogP contribution in [0.4, 0.5) is 17.1 Å². The molecule has 1 spiro atoms. The highest BCUT2D eigenvalue weighted by molar-refractivity contribution is 6.06. The molecule has 0 saturated carbocycles. The second kappa shape index (κ2) is 11.4. The number of hydrogen-bond acceptors (Lipinski definition) is 2. The molecule has 9 aromatic rings. The van der Waals surface area contributed by atoms with E-state index < -0.39 is 5.41 Å². The van der Waals surface area contributed by atoms with Gasteiger partial charge in [-0.15, -0.1) is 0 Å². The van der Waals surface area contributed by atoms with E-state index in [-0.39, 0.29) is 5.41 Å². The molecular formula is C52H37NO. The number of anilines is 3. The Kier molecular flexibility index (Phi) is 6.55. The van der Waals surface area contributed by atoms with E-state index in [0.29, 0.717) is 0 Å². The lowest BCUT2D eigenvalue weighted by molar-refractivity contribution is 0.563. The summed E-state index contributed by atoms with van der Waals surface area (Å²) in [4.78, 5) is 2.31. The first-order valence-electron chi connectivity index (χ1n) is 18.8. The van der Waals surface area contributed by atoms with Gasteiger partial charge in [-0.25, -0.2) is 0 Å². The lowest BCUT2D eigenvalue weighted by Crippen LogP contribution is -2.40. The quantitative estimate of drug-likeness (QED) is 0.183. The molecule has 2 nitrogen and oxygen atoms in total. The summed E-state index contributed by atoms with van der Waals surface area (Å²) < 4.78 is 6.33. The highest BCUT2D eigenvalue weighted by atomic mass is 16.3. The number of nitrogens with zero attached hydrogens (tertiary/aromatic N) is 1. The molecule has 0 unspecified atom stereocenters. The fourth-order valence-electron chi connectivity index (χ4n) is 9.72. The van der Waals surface area contributed by atoms with Crippen molar-refractivity contribution in [2.45, 2.75) is 24.7 Å². The van der Waals surface area contributed by atoms with E-state index in [0.717, 1.165) is 39.0 Å². The molecule has 0 fully saturated rings. The topological polar surface area (TPSA) is 16.4 Å². The Labute approximate surface area is 315 Å². The van der Waals surface area contributed by atoms with E-state index in [2.05, 4.69) is 195 Å². The highest BCUT2D eigenvalue weighted by Crippen LogP contribution is 2.62. The summed E-state index contributed by atoms with van der Waals surface area (Å²) in [5, 5.41) is 2.26. The fraction of sp³-hybridized carbons (Fsp3) is 0.0769. The Balaban J connectivity index is 1.06. The van der Waals surface area contributed by atoms with Crippen molar-refractivity contribution in [2.75, 3.05) is 4.90 Å². The monoisotopic (exact) mass is 691 g/mol. The van der Waals surface area contributed by atoms with E-state index in [1.165, 1.54) is 55.6 Å². The predicted molar refractivity (Wildman–Crippen MR) is 223 cm³/mol. The molecule has 0 N–H and O–H groups in total. The molecule has 11 rings (SSSR count). The molecular weight excluding hydrogens is 655 g/mol. The Morgan fingerprint density at radius 3 is 1.65 bits per heavy atom. The average molecular weight is 692 g/mol. The summed E-state index contributed by atoms with van der Waals surface area (Å²) in [6.07, 6.45) is 0. The highest BCUT2D eigenvalue weighted by Gasteiger charge is 2.53. The van der Waals surface area contributed by atoms with Gasteiger partial charge in [0.05, 0.1) is 5.41 Å². The van der Waals surface area contributed by atoms with Crippen LogP contribution < -0.4 is 4.90 Å². The van der Waals surface area contributed by atoms with Crippen LogP contribution in [0.25, 0.3) is 44.2 Å². The first-order valence-corrected chi connectivity index (χ1v) is 18.8. The van der Waals surface area contributed by atoms with Crippen LogP contribution in [0.3, 0.4) is 0 Å². The number of rotatable bonds is 4. The van der Waals surface area contributed by atoms with E-state index in [1.54, 1.807) is 0 Å². The van der Waals surface area contributed by atoms with Crippen molar-refractivity contribution in [3.8, 4) is 22.3 Å². The van der Waals surface area contributed by atoms with Crippen LogP contribution in [-0.2, 0) is 10.8 Å². The number of para-hydroxylation sites is 2. The van der Waals surface area contributed by atoms with E-state index in [1.807, 2.05) is 12.1 Å². The Morgan fingerprint density at radius 2 is 0.907 bits per heavy atom. The first kappa shape index (κ1) is 30.9. The third kappa shape index (κ3) is 4.22. The molecule has 256 valence electrons. The molecule has 54 heavy (non-hydrogen) atoms. The van der Waals surface area contributed by atoms with E-state index >= 15 is 0 Å². The van der Waals surface area contributed by atoms with Gasteiger partial charge in [0, 0.05) is 39.3 Å². The summed E-state index contributed by atoms with van der Waals surface area (Å²) >= 11 is 0. The summed E-state index contributed by atoms with van der Waals surface area (Å²) in [6, 6.07) is 68.9. The van der Waals surface area contributed by atoms with Gasteiger partial charge in [-0.05, 0) is 104 Å². The normalized spacial score (nSPS) is 14.4. The lowest BCUT2D eigenvalue weighted by atomic mass is 9.55. The second-order valence-corrected chi connectivity index (χ2v) is 15.3. The molecule has 1 aromatic heterocycles. The fourth-order valence-corrected chi connectivity index (χ4v) is 9.72. The smallest absolute Gasteiger partial charge is 0.137 e. The SMILES string of the molecule is CC1(C)c2ccccc2C2(c3ccccc3-c3ccc(-c4ccc(N(c5ccccc5)c5ccc6c(c5)oc5ccccc56)cc4)cc32)c2ccccc21. The van der Waals surface area contributed by atoms with Crippen molar-refractivity contribution in [2.24, 2.45) is 0 Å². The molecule has 0 bridgehead atoms. The van der Waals surface area contributed by atoms with Gasteiger partial charge in [-0.1, -0.05) is 147 Å². The molecule has 0 amide bonds. The summed E-state index contributed by atoms with van der Waals surface area (Å²) in [7, 11) is 0. The zero-order valence-corrected chi connectivity index (χ0v) is 30.3. The van der Waals surface area contributed by atoms with Gasteiger partial charge < -0.3 is 9.32 Å². The molecule has 0 radical (unpaired) electrons. The molecule has 2 heteroatoms. The maximum atomic E-state index is 6.33. The van der Waals surface area contributed by atoms with E-state index in [4.69, 9.17) is 4.42 Å². The second-order valence-electron chi connectivity index (χ2n) is 15.3. The standard InChI is InChI=1S/C52H37NO/c1-51(2)44-19-9-11-21-46(44)52(47-22-12-10-20-45(47)51)43-18-8-6-16-39(43)40-30-26-35(32-48(40)52)34-24-27-37(28-25-34)53(36-14-4-3-5-15-36)38-29-31-42-41-17-7-13-23-49(41)54-50(42)33-38/h3-33H,1-2H3. The Hall–Kier alpha value is -6.64. The van der Waals surface area contributed by atoms with Crippen LogP contribution >= 0.6 is 0 Å². The maximum Gasteiger partial charge on any atom is 0.137 e. The zero-order valence-electron chi connectivity index (χ0n) is 30.3. The Bertz CT molecular complexity index is 2860. The van der Waals surface area contributed by atoms with E-state index in [9.17, 15) is 0 Å². The number of furan rings is 1. The minimum Gasteiger partial charge on any atom is -0.456 e. The van der Waals surface area contributed by atoms with Crippen molar-refractivity contribution in [1.82, 2.24) is 0 Å². The molecule has 2 aliphatic rings. The summed E-state index contributed by atoms with van der Waals surface area (Å²) in [5.41, 5.74) is 17.8. The number of benzene rings is 8. The minimum atomic E-state index is -0.413. The van der Waals surface area contributed by atoms with Crippen LogP contribution in [0, 0.1) is 0 Å². The minimum absolute atomic E-state index is 0.122. The first-order chi connectivity index (χ1) is 26.5. The van der Waals surface area contributed by atoms with Gasteiger partial charge in [0.1, 0.15) is 11.2 Å². The lowest BCUT2D eigenvalue weighted by Gasteiger charge is -2.46. The third-order valence-corrected chi connectivity index (χ3v) is 12.1. The molecule has 8 aromatic carbocycles. The molecule has 1 heterocycles. The summed E-state index contributed by atoms with van der Waals surface area (Å²) in [5.74, 6) is 0. The molecule has 0 atom stereocenters. The van der Waals surface area contributed by atoms with Gasteiger partial charge in [0.2, 0.25) is 0 Å². The van der Waals surface area contributed by atoms with Crippen LogP contribution in [0.2, 0.25) is 0 Å². The molecule has 0 aliphatic heterocycles. The molecule has 0 saturated heterocycles. The predicted octanol–water partition coefficient (Wildman–Crippen LogP) is 13.7. The average Bonchev–Trinajstić information content (AvgIpc) is 3.74. The van der Waals surface area contributed by atoms with Crippen molar-refractivity contribution in [1.29, 1.82) is 0 Å². The largest absolute Gasteiger partial charge is 0.456 e. The van der Waals surface area contributed by atoms with Crippen LogP contribution in [0.15, 0.2) is 192 Å². The van der Waals surface area contributed by atoms with Crippen LogP contribution in [-0.4, -0.2) is 0 Å². The van der Waals surface area contributed by atoms with Gasteiger partial charge in [-0.3, -0.25) is 0 Å². The zero-order chi connectivity index (χ0) is 36.0. The van der Waals surface area contributed by atoms with Gasteiger partial charge in [0.15, 0.2) is 0 Å². The van der Waals surface area contributed by atoms with Crippen LogP contribution in [0.1, 0.15) is 47.2 Å². The molecule has 2 aliphatic carbocycles. The maximum absolute atomic E-state index is 6.33. The van der Waals surface area contributed by atoms with Crippen molar-refractivity contribution < 1.29 is 4.42 Å². The van der Waals surface area contributed by atoms with Gasteiger partial charge >= 0.3 is 0 Å². The van der Waals surface area contributed by atoms with Crippen molar-refractivity contribution >= 4 is 39.0 Å². The summed E-state index contributed by atoms with van der Waals surface area (Å²) in [6.45, 7) is 4.76. The van der Waals surface area contributed by atoms with Gasteiger partial charge in [-0.2, -0.15) is 0 Å². The third-order valence-electron chi connectivity index (χ3n) is 12.1. The van der Waals surface area contributed by atoms with Crippen molar-refractivity contribution in [3.05, 3.63) is 221 Å². The number of hydrogen-bond donors (Lipinski definition) is 0. The van der Waals surface area contributed by atoms with Crippen LogP contribution in [0.5, 0.6) is 0 Å². The number of fused-ring (bicyclic) bond motifs is 12. The van der Waals surface area contributed by atoms with Gasteiger partial charge in [0.25, 0.3) is 0 Å².